The van der Waals surface area contributed by atoms with E-state index in [0.717, 1.165) is 25.7 Å². The van der Waals surface area contributed by atoms with Gasteiger partial charge in [0.25, 0.3) is 0 Å². The van der Waals surface area contributed by atoms with E-state index in [2.05, 4.69) is 13.8 Å². The Morgan fingerprint density at radius 1 is 1.29 bits per heavy atom. The van der Waals surface area contributed by atoms with Crippen LogP contribution in [-0.2, 0) is 14.3 Å². The van der Waals surface area contributed by atoms with Crippen LogP contribution in [-0.4, -0.2) is 39.3 Å². The number of fused-ring (bicyclic) bond motifs is 5. The molecule has 1 spiro atoms. The van der Waals surface area contributed by atoms with Crippen molar-refractivity contribution in [2.24, 2.45) is 28.6 Å². The zero-order valence-electron chi connectivity index (χ0n) is 16.8. The summed E-state index contributed by atoms with van der Waals surface area (Å²) in [5.41, 5.74) is 1.57. The van der Waals surface area contributed by atoms with Crippen LogP contribution in [0, 0.1) is 28.6 Å². The summed E-state index contributed by atoms with van der Waals surface area (Å²) in [5, 5.41) is 20.8. The van der Waals surface area contributed by atoms with Crippen LogP contribution < -0.4 is 0 Å². The van der Waals surface area contributed by atoms with Gasteiger partial charge in [-0.3, -0.25) is 9.59 Å². The first-order chi connectivity index (χ1) is 13.2. The molecule has 0 radical (unpaired) electrons. The number of carbonyl (C=O) groups is 2. The maximum atomic E-state index is 12.2. The summed E-state index contributed by atoms with van der Waals surface area (Å²) >= 11 is 0. The molecule has 2 unspecified atom stereocenters. The molecule has 8 atom stereocenters. The number of epoxide rings is 1. The number of carbonyl (C=O) groups excluding carboxylic acids is 1. The van der Waals surface area contributed by atoms with Crippen LogP contribution in [0.15, 0.2) is 11.1 Å². The molecule has 6 rings (SSSR count). The Bertz CT molecular complexity index is 846. The zero-order valence-corrected chi connectivity index (χ0v) is 16.8. The fourth-order valence-electron chi connectivity index (χ4n) is 8.58. The smallest absolute Gasteiger partial charge is 0.303 e. The SMILES string of the molecule is C[C@]12CCC(=O)CC1=C1C[C@@H]1[C@H]1[C@@H]3CC[C@@](O)(CCC(=O)O)[C@@]3(C)CC3OC312. The van der Waals surface area contributed by atoms with Crippen molar-refractivity contribution < 1.29 is 24.5 Å². The normalized spacial score (nSPS) is 55.6. The number of aliphatic hydroxyl groups is 1. The third-order valence-corrected chi connectivity index (χ3v) is 10.2. The maximum Gasteiger partial charge on any atom is 0.303 e. The zero-order chi connectivity index (χ0) is 19.7. The predicted octanol–water partition coefficient (Wildman–Crippen LogP) is 3.25. The quantitative estimate of drug-likeness (QED) is 0.574. The summed E-state index contributed by atoms with van der Waals surface area (Å²) in [6, 6.07) is 0. The molecule has 5 aliphatic carbocycles. The monoisotopic (exact) mass is 386 g/mol. The predicted molar refractivity (Wildman–Crippen MR) is 100 cm³/mol. The van der Waals surface area contributed by atoms with Gasteiger partial charge in [0.1, 0.15) is 11.4 Å². The topological polar surface area (TPSA) is 87.1 Å². The number of hydrogen-bond acceptors (Lipinski definition) is 4. The molecule has 1 aliphatic heterocycles. The molecule has 152 valence electrons. The molecule has 1 heterocycles. The van der Waals surface area contributed by atoms with Crippen LogP contribution in [0.5, 0.6) is 0 Å². The second kappa shape index (κ2) is 4.92. The molecule has 0 aromatic heterocycles. The minimum atomic E-state index is -0.906. The highest BCUT2D eigenvalue weighted by Crippen LogP contribution is 2.81. The first kappa shape index (κ1) is 17.6. The standard InChI is InChI=1S/C23H30O5/c1-20-6-3-12(24)9-16(20)13-10-14(13)19-15-4-7-22(27,8-5-18(25)26)21(15,2)11-17-23(19,20)28-17/h14-15,17,19,27H,3-11H2,1-2H3,(H,25,26)/t14-,15-,17?,19-,20-,21-,22+,23?/m0/s1. The van der Waals surface area contributed by atoms with Crippen molar-refractivity contribution >= 4 is 11.8 Å². The van der Waals surface area contributed by atoms with Gasteiger partial charge in [0, 0.05) is 36.0 Å². The lowest BCUT2D eigenvalue weighted by atomic mass is 9.46. The van der Waals surface area contributed by atoms with Crippen molar-refractivity contribution in [3.63, 3.8) is 0 Å². The van der Waals surface area contributed by atoms with Gasteiger partial charge < -0.3 is 14.9 Å². The summed E-state index contributed by atoms with van der Waals surface area (Å²) in [6.07, 6.45) is 6.28. The second-order valence-corrected chi connectivity index (χ2v) is 11.0. The van der Waals surface area contributed by atoms with Crippen molar-refractivity contribution in [3.8, 4) is 0 Å². The third kappa shape index (κ3) is 1.78. The van der Waals surface area contributed by atoms with Crippen LogP contribution in [0.3, 0.4) is 0 Å². The maximum absolute atomic E-state index is 12.2. The van der Waals surface area contributed by atoms with Gasteiger partial charge in [-0.2, -0.15) is 0 Å². The number of allylic oxidation sites excluding steroid dienone is 1. The average Bonchev–Trinajstić information content (AvgIpc) is 3.52. The van der Waals surface area contributed by atoms with E-state index in [9.17, 15) is 19.8 Å². The van der Waals surface area contributed by atoms with Gasteiger partial charge in [-0.1, -0.05) is 25.0 Å². The molecule has 0 aromatic rings. The molecule has 5 fully saturated rings. The highest BCUT2D eigenvalue weighted by Gasteiger charge is 2.83. The lowest BCUT2D eigenvalue weighted by Gasteiger charge is -2.56. The molecule has 5 heteroatoms. The average molecular weight is 386 g/mol. The van der Waals surface area contributed by atoms with E-state index in [1.165, 1.54) is 11.1 Å². The van der Waals surface area contributed by atoms with Crippen LogP contribution in [0.25, 0.3) is 0 Å². The van der Waals surface area contributed by atoms with Gasteiger partial charge in [0.05, 0.1) is 11.7 Å². The van der Waals surface area contributed by atoms with Gasteiger partial charge in [0.2, 0.25) is 0 Å². The number of rotatable bonds is 3. The Morgan fingerprint density at radius 2 is 2.07 bits per heavy atom. The van der Waals surface area contributed by atoms with Gasteiger partial charge in [-0.15, -0.1) is 0 Å². The van der Waals surface area contributed by atoms with Gasteiger partial charge >= 0.3 is 5.97 Å². The summed E-state index contributed by atoms with van der Waals surface area (Å²) < 4.78 is 6.62. The molecule has 0 bridgehead atoms. The van der Waals surface area contributed by atoms with E-state index < -0.39 is 11.6 Å². The molecule has 1 saturated heterocycles. The van der Waals surface area contributed by atoms with Gasteiger partial charge in [-0.25, -0.2) is 0 Å². The van der Waals surface area contributed by atoms with E-state index in [1.807, 2.05) is 0 Å². The Kier molecular flexibility index (Phi) is 3.10. The van der Waals surface area contributed by atoms with E-state index in [-0.39, 0.29) is 29.0 Å². The number of hydrogen-bond donors (Lipinski definition) is 2. The lowest BCUT2D eigenvalue weighted by Crippen LogP contribution is -2.60. The molecule has 4 saturated carbocycles. The Hall–Kier alpha value is -1.20. The second-order valence-electron chi connectivity index (χ2n) is 11.0. The molecule has 5 nitrogen and oxygen atoms in total. The van der Waals surface area contributed by atoms with Crippen molar-refractivity contribution in [2.75, 3.05) is 0 Å². The van der Waals surface area contributed by atoms with Crippen LogP contribution in [0.4, 0.5) is 0 Å². The van der Waals surface area contributed by atoms with E-state index >= 15 is 0 Å². The van der Waals surface area contributed by atoms with Gasteiger partial charge in [-0.05, 0) is 50.4 Å². The van der Waals surface area contributed by atoms with Crippen molar-refractivity contribution in [3.05, 3.63) is 11.1 Å². The van der Waals surface area contributed by atoms with Crippen LogP contribution in [0.2, 0.25) is 0 Å². The summed E-state index contributed by atoms with van der Waals surface area (Å²) in [5.74, 6) is 0.866. The molecular formula is C23H30O5. The number of carboxylic acids is 1. The summed E-state index contributed by atoms with van der Waals surface area (Å²) in [4.78, 5) is 23.4. The van der Waals surface area contributed by atoms with E-state index in [1.54, 1.807) is 0 Å². The molecule has 2 N–H and O–H groups in total. The highest BCUT2D eigenvalue weighted by atomic mass is 16.6. The number of Topliss-reactive ketones (excluding diaryl/α,β-unsaturated/α-hetero) is 1. The fraction of sp³-hybridized carbons (Fsp3) is 0.826. The minimum Gasteiger partial charge on any atom is -0.481 e. The van der Waals surface area contributed by atoms with E-state index in [0.29, 0.717) is 49.2 Å². The molecule has 6 aliphatic rings. The van der Waals surface area contributed by atoms with Crippen molar-refractivity contribution in [1.29, 1.82) is 0 Å². The summed E-state index contributed by atoms with van der Waals surface area (Å²) in [6.45, 7) is 4.55. The number of ether oxygens (including phenoxy) is 1. The Morgan fingerprint density at radius 3 is 2.82 bits per heavy atom. The van der Waals surface area contributed by atoms with Gasteiger partial charge in [0.15, 0.2) is 0 Å². The highest BCUT2D eigenvalue weighted by molar-refractivity contribution is 5.84. The third-order valence-electron chi connectivity index (χ3n) is 10.2. The first-order valence-corrected chi connectivity index (χ1v) is 11.0. The molecule has 0 amide bonds. The minimum absolute atomic E-state index is 0.0261. The van der Waals surface area contributed by atoms with Crippen LogP contribution >= 0.6 is 0 Å². The molecular weight excluding hydrogens is 356 g/mol. The van der Waals surface area contributed by atoms with Crippen LogP contribution in [0.1, 0.15) is 71.6 Å². The Balaban J connectivity index is 1.41. The number of aliphatic carboxylic acids is 1. The molecule has 0 aromatic carbocycles. The largest absolute Gasteiger partial charge is 0.481 e. The van der Waals surface area contributed by atoms with Crippen molar-refractivity contribution in [1.82, 2.24) is 0 Å². The first-order valence-electron chi connectivity index (χ1n) is 11.0. The number of carboxylic acid groups (broad SMARTS) is 1. The number of ketones is 1. The van der Waals surface area contributed by atoms with E-state index in [4.69, 9.17) is 4.74 Å². The lowest BCUT2D eigenvalue weighted by molar-refractivity contribution is -0.143. The molecule has 28 heavy (non-hydrogen) atoms. The van der Waals surface area contributed by atoms with Crippen molar-refractivity contribution in [2.45, 2.75) is 88.9 Å². The Labute approximate surface area is 165 Å². The fourth-order valence-corrected chi connectivity index (χ4v) is 8.58. The summed E-state index contributed by atoms with van der Waals surface area (Å²) in [7, 11) is 0.